The summed E-state index contributed by atoms with van der Waals surface area (Å²) in [5.74, 6) is 0.530. The number of hydrogen-bond donors (Lipinski definition) is 1. The van der Waals surface area contributed by atoms with Gasteiger partial charge in [0.25, 0.3) is 0 Å². The van der Waals surface area contributed by atoms with E-state index in [4.69, 9.17) is 0 Å². The van der Waals surface area contributed by atoms with Crippen molar-refractivity contribution in [3.8, 4) is 0 Å². The molecule has 0 aliphatic heterocycles. The van der Waals surface area contributed by atoms with Crippen LogP contribution in [-0.4, -0.2) is 11.2 Å². The minimum Gasteiger partial charge on any atom is -0.392 e. The Bertz CT molecular complexity index is 153. The molecule has 1 aliphatic rings. The molecule has 1 unspecified atom stereocenters. The molecule has 1 saturated carbocycles. The van der Waals surface area contributed by atoms with Crippen molar-refractivity contribution in [3.63, 3.8) is 0 Å². The third kappa shape index (κ3) is 1.76. The summed E-state index contributed by atoms with van der Waals surface area (Å²) in [5.41, 5.74) is 0.548. The molecule has 0 saturated heterocycles. The van der Waals surface area contributed by atoms with E-state index in [-0.39, 0.29) is 11.5 Å². The van der Waals surface area contributed by atoms with Gasteiger partial charge < -0.3 is 5.11 Å². The van der Waals surface area contributed by atoms with E-state index in [1.165, 1.54) is 0 Å². The van der Waals surface area contributed by atoms with E-state index in [2.05, 4.69) is 34.6 Å². The second-order valence-electron chi connectivity index (χ2n) is 5.64. The topological polar surface area (TPSA) is 20.2 Å². The van der Waals surface area contributed by atoms with Crippen LogP contribution in [0, 0.1) is 16.7 Å². The molecule has 1 aliphatic carbocycles. The van der Waals surface area contributed by atoms with E-state index in [0.29, 0.717) is 11.3 Å². The second kappa shape index (κ2) is 2.22. The minimum atomic E-state index is -0.0540. The van der Waals surface area contributed by atoms with Crippen molar-refractivity contribution in [2.75, 3.05) is 0 Å². The van der Waals surface area contributed by atoms with Crippen LogP contribution in [0.2, 0.25) is 0 Å². The van der Waals surface area contributed by atoms with Crippen molar-refractivity contribution in [1.82, 2.24) is 0 Å². The molecular formula is C10H20O. The Morgan fingerprint density at radius 2 is 1.64 bits per heavy atom. The van der Waals surface area contributed by atoms with Crippen molar-refractivity contribution in [2.24, 2.45) is 16.7 Å². The SMILES string of the molecule is CC(C)(C)CC1[C@H](O)C1(C)C. The first-order chi connectivity index (χ1) is 4.75. The lowest BCUT2D eigenvalue weighted by atomic mass is 9.87. The van der Waals surface area contributed by atoms with Crippen LogP contribution < -0.4 is 0 Å². The van der Waals surface area contributed by atoms with Crippen LogP contribution >= 0.6 is 0 Å². The van der Waals surface area contributed by atoms with Crippen molar-refractivity contribution >= 4 is 0 Å². The summed E-state index contributed by atoms with van der Waals surface area (Å²) in [6.07, 6.45) is 1.09. The summed E-state index contributed by atoms with van der Waals surface area (Å²) in [6, 6.07) is 0. The van der Waals surface area contributed by atoms with E-state index in [0.717, 1.165) is 6.42 Å². The van der Waals surface area contributed by atoms with Gasteiger partial charge in [-0.3, -0.25) is 0 Å². The molecule has 0 aromatic carbocycles. The highest BCUT2D eigenvalue weighted by atomic mass is 16.3. The van der Waals surface area contributed by atoms with Crippen LogP contribution in [0.3, 0.4) is 0 Å². The van der Waals surface area contributed by atoms with Gasteiger partial charge in [-0.2, -0.15) is 0 Å². The fourth-order valence-electron chi connectivity index (χ4n) is 1.75. The molecule has 11 heavy (non-hydrogen) atoms. The van der Waals surface area contributed by atoms with Gasteiger partial charge in [-0.15, -0.1) is 0 Å². The predicted molar refractivity (Wildman–Crippen MR) is 47.3 cm³/mol. The summed E-state index contributed by atoms with van der Waals surface area (Å²) in [6.45, 7) is 11.0. The zero-order valence-corrected chi connectivity index (χ0v) is 8.31. The lowest BCUT2D eigenvalue weighted by molar-refractivity contribution is 0.221. The van der Waals surface area contributed by atoms with Crippen LogP contribution in [0.15, 0.2) is 0 Å². The van der Waals surface area contributed by atoms with Gasteiger partial charge >= 0.3 is 0 Å². The van der Waals surface area contributed by atoms with Gasteiger partial charge in [0.2, 0.25) is 0 Å². The summed E-state index contributed by atoms with van der Waals surface area (Å²) < 4.78 is 0. The third-order valence-electron chi connectivity index (χ3n) is 2.82. The first kappa shape index (κ1) is 9.05. The van der Waals surface area contributed by atoms with E-state index in [1.807, 2.05) is 0 Å². The maximum Gasteiger partial charge on any atom is 0.0629 e. The molecule has 2 atom stereocenters. The molecule has 0 bridgehead atoms. The molecule has 66 valence electrons. The van der Waals surface area contributed by atoms with Gasteiger partial charge in [0.1, 0.15) is 0 Å². The van der Waals surface area contributed by atoms with Crippen molar-refractivity contribution in [3.05, 3.63) is 0 Å². The fourth-order valence-corrected chi connectivity index (χ4v) is 1.75. The van der Waals surface area contributed by atoms with Crippen LogP contribution in [0.25, 0.3) is 0 Å². The first-order valence-corrected chi connectivity index (χ1v) is 4.43. The third-order valence-corrected chi connectivity index (χ3v) is 2.82. The normalized spacial score (nSPS) is 35.5. The highest BCUT2D eigenvalue weighted by Crippen LogP contribution is 2.56. The molecule has 0 aromatic heterocycles. The van der Waals surface area contributed by atoms with Crippen molar-refractivity contribution in [1.29, 1.82) is 0 Å². The molecule has 1 heteroatoms. The van der Waals surface area contributed by atoms with Gasteiger partial charge in [0.05, 0.1) is 6.10 Å². The standard InChI is InChI=1S/C10H20O/c1-9(2,3)6-7-8(11)10(7,4)5/h7-8,11H,6H2,1-5H3/t7?,8-/m0/s1. The lowest BCUT2D eigenvalue weighted by Gasteiger charge is -2.18. The molecule has 0 amide bonds. The van der Waals surface area contributed by atoms with Crippen LogP contribution in [0.4, 0.5) is 0 Å². The number of aliphatic hydroxyl groups is 1. The Morgan fingerprint density at radius 1 is 1.27 bits per heavy atom. The smallest absolute Gasteiger partial charge is 0.0629 e. The maximum absolute atomic E-state index is 9.52. The van der Waals surface area contributed by atoms with E-state index in [1.54, 1.807) is 0 Å². The largest absolute Gasteiger partial charge is 0.392 e. The quantitative estimate of drug-likeness (QED) is 0.618. The van der Waals surface area contributed by atoms with Crippen LogP contribution in [-0.2, 0) is 0 Å². The lowest BCUT2D eigenvalue weighted by Crippen LogP contribution is -2.08. The van der Waals surface area contributed by atoms with E-state index >= 15 is 0 Å². The van der Waals surface area contributed by atoms with Gasteiger partial charge in [-0.05, 0) is 23.2 Å². The van der Waals surface area contributed by atoms with E-state index in [9.17, 15) is 5.11 Å². The molecule has 0 aromatic rings. The van der Waals surface area contributed by atoms with Crippen LogP contribution in [0.5, 0.6) is 0 Å². The van der Waals surface area contributed by atoms with Gasteiger partial charge in [0.15, 0.2) is 0 Å². The molecule has 1 fully saturated rings. The minimum absolute atomic E-state index is 0.0540. The zero-order valence-electron chi connectivity index (χ0n) is 8.31. The molecule has 0 heterocycles. The van der Waals surface area contributed by atoms with Gasteiger partial charge in [-0.25, -0.2) is 0 Å². The Kier molecular flexibility index (Phi) is 1.83. The van der Waals surface area contributed by atoms with Crippen LogP contribution in [0.1, 0.15) is 41.0 Å². The predicted octanol–water partition coefficient (Wildman–Crippen LogP) is 2.44. The molecule has 1 nitrogen and oxygen atoms in total. The second-order valence-corrected chi connectivity index (χ2v) is 5.64. The number of hydrogen-bond acceptors (Lipinski definition) is 1. The molecule has 1 rings (SSSR count). The summed E-state index contributed by atoms with van der Waals surface area (Å²) >= 11 is 0. The molecule has 0 radical (unpaired) electrons. The molecule has 1 N–H and O–H groups in total. The van der Waals surface area contributed by atoms with Gasteiger partial charge in [-0.1, -0.05) is 34.6 Å². The number of rotatable bonds is 1. The fraction of sp³-hybridized carbons (Fsp3) is 1.00. The average Bonchev–Trinajstić information content (AvgIpc) is 2.14. The van der Waals surface area contributed by atoms with Gasteiger partial charge in [0, 0.05) is 0 Å². The summed E-state index contributed by atoms with van der Waals surface area (Å²) in [5, 5.41) is 9.52. The first-order valence-electron chi connectivity index (χ1n) is 4.43. The molecule has 0 spiro atoms. The Labute approximate surface area is 69.8 Å². The highest BCUT2D eigenvalue weighted by Gasteiger charge is 2.57. The zero-order chi connectivity index (χ0) is 8.86. The Morgan fingerprint density at radius 3 is 1.73 bits per heavy atom. The maximum atomic E-state index is 9.52. The Balaban J connectivity index is 2.44. The van der Waals surface area contributed by atoms with E-state index < -0.39 is 0 Å². The Hall–Kier alpha value is -0.0400. The monoisotopic (exact) mass is 156 g/mol. The average molecular weight is 156 g/mol. The summed E-state index contributed by atoms with van der Waals surface area (Å²) in [7, 11) is 0. The van der Waals surface area contributed by atoms with Crippen molar-refractivity contribution < 1.29 is 5.11 Å². The summed E-state index contributed by atoms with van der Waals surface area (Å²) in [4.78, 5) is 0. The number of aliphatic hydroxyl groups excluding tert-OH is 1. The van der Waals surface area contributed by atoms with Crippen molar-refractivity contribution in [2.45, 2.75) is 47.1 Å². The highest BCUT2D eigenvalue weighted by molar-refractivity contribution is 5.06. The molecular weight excluding hydrogens is 136 g/mol.